The van der Waals surface area contributed by atoms with Crippen LogP contribution in [0.25, 0.3) is 0 Å². The first kappa shape index (κ1) is 11.8. The maximum absolute atomic E-state index is 11.9. The third-order valence-electron chi connectivity index (χ3n) is 1.90. The third-order valence-corrected chi connectivity index (χ3v) is 3.46. The Balaban J connectivity index is 2.30. The van der Waals surface area contributed by atoms with Crippen LogP contribution in [-0.2, 0) is 10.0 Å². The molecule has 5 nitrogen and oxygen atoms in total. The summed E-state index contributed by atoms with van der Waals surface area (Å²) in [6.45, 7) is 0. The lowest BCUT2D eigenvalue weighted by Crippen LogP contribution is -2.14. The molecule has 0 atom stereocenters. The van der Waals surface area contributed by atoms with E-state index in [1.54, 1.807) is 18.2 Å². The Labute approximate surface area is 104 Å². The van der Waals surface area contributed by atoms with E-state index in [0.717, 1.165) is 0 Å². The standard InChI is InChI=1S/C10H8ClN3O2S/c11-9-6-7-12-10(13-9)14-17(15,16)8-4-2-1-3-5-8/h1-7H,(H,12,13,14). The zero-order chi connectivity index (χ0) is 12.3. The van der Waals surface area contributed by atoms with Crippen LogP contribution >= 0.6 is 11.6 Å². The monoisotopic (exact) mass is 269 g/mol. The van der Waals surface area contributed by atoms with E-state index in [0.29, 0.717) is 0 Å². The molecule has 0 aliphatic heterocycles. The van der Waals surface area contributed by atoms with Crippen molar-refractivity contribution in [2.45, 2.75) is 4.90 Å². The molecule has 0 amide bonds. The largest absolute Gasteiger partial charge is 0.264 e. The van der Waals surface area contributed by atoms with Crippen LogP contribution in [0.4, 0.5) is 5.95 Å². The highest BCUT2D eigenvalue weighted by molar-refractivity contribution is 7.92. The van der Waals surface area contributed by atoms with E-state index in [-0.39, 0.29) is 16.0 Å². The van der Waals surface area contributed by atoms with Gasteiger partial charge in [0.25, 0.3) is 10.0 Å². The van der Waals surface area contributed by atoms with Crippen LogP contribution in [0.1, 0.15) is 0 Å². The van der Waals surface area contributed by atoms with Crippen molar-refractivity contribution >= 4 is 27.6 Å². The summed E-state index contributed by atoms with van der Waals surface area (Å²) in [5.74, 6) is -0.0543. The van der Waals surface area contributed by atoms with E-state index in [2.05, 4.69) is 14.7 Å². The summed E-state index contributed by atoms with van der Waals surface area (Å²) < 4.78 is 26.0. The Bertz CT molecular complexity index is 616. The van der Waals surface area contributed by atoms with Gasteiger partial charge in [0.1, 0.15) is 5.15 Å². The lowest BCUT2D eigenvalue weighted by molar-refractivity contribution is 0.601. The number of benzene rings is 1. The van der Waals surface area contributed by atoms with Crippen molar-refractivity contribution in [1.29, 1.82) is 0 Å². The van der Waals surface area contributed by atoms with E-state index in [9.17, 15) is 8.42 Å². The van der Waals surface area contributed by atoms with Gasteiger partial charge in [0, 0.05) is 6.20 Å². The van der Waals surface area contributed by atoms with Crippen LogP contribution in [0.3, 0.4) is 0 Å². The fourth-order valence-electron chi connectivity index (χ4n) is 1.16. The summed E-state index contributed by atoms with van der Waals surface area (Å²) in [4.78, 5) is 7.65. The van der Waals surface area contributed by atoms with Gasteiger partial charge < -0.3 is 0 Å². The minimum Gasteiger partial charge on any atom is -0.247 e. The summed E-state index contributed by atoms with van der Waals surface area (Å²) in [5, 5.41) is 0.172. The second kappa shape index (κ2) is 4.68. The fourth-order valence-corrected chi connectivity index (χ4v) is 2.27. The van der Waals surface area contributed by atoms with Crippen molar-refractivity contribution < 1.29 is 8.42 Å². The van der Waals surface area contributed by atoms with Crippen LogP contribution < -0.4 is 4.72 Å². The molecule has 0 radical (unpaired) electrons. The molecular weight excluding hydrogens is 262 g/mol. The van der Waals surface area contributed by atoms with Crippen molar-refractivity contribution in [1.82, 2.24) is 9.97 Å². The number of halogens is 1. The molecule has 0 spiro atoms. The SMILES string of the molecule is O=S(=O)(Nc1nccc(Cl)n1)c1ccccc1. The van der Waals surface area contributed by atoms with Gasteiger partial charge >= 0.3 is 0 Å². The normalized spacial score (nSPS) is 11.1. The van der Waals surface area contributed by atoms with Crippen molar-refractivity contribution in [2.75, 3.05) is 4.72 Å². The first-order chi connectivity index (χ1) is 8.08. The molecule has 0 aliphatic carbocycles. The van der Waals surface area contributed by atoms with Gasteiger partial charge in [0.2, 0.25) is 5.95 Å². The molecule has 1 heterocycles. The molecule has 7 heteroatoms. The smallest absolute Gasteiger partial charge is 0.247 e. The highest BCUT2D eigenvalue weighted by atomic mass is 35.5. The predicted octanol–water partition coefficient (Wildman–Crippen LogP) is 1.93. The number of nitrogens with one attached hydrogen (secondary N) is 1. The van der Waals surface area contributed by atoms with Gasteiger partial charge in [-0.15, -0.1) is 0 Å². The molecule has 2 rings (SSSR count). The number of hydrogen-bond acceptors (Lipinski definition) is 4. The fraction of sp³-hybridized carbons (Fsp3) is 0. The average Bonchev–Trinajstić information content (AvgIpc) is 2.29. The van der Waals surface area contributed by atoms with Gasteiger partial charge in [-0.1, -0.05) is 29.8 Å². The Kier molecular flexibility index (Phi) is 3.26. The Morgan fingerprint density at radius 2 is 1.82 bits per heavy atom. The summed E-state index contributed by atoms with van der Waals surface area (Å²) in [6.07, 6.45) is 1.37. The zero-order valence-corrected chi connectivity index (χ0v) is 10.1. The van der Waals surface area contributed by atoms with Gasteiger partial charge in [-0.05, 0) is 18.2 Å². The summed E-state index contributed by atoms with van der Waals surface area (Å²) in [5.41, 5.74) is 0. The lowest BCUT2D eigenvalue weighted by atomic mass is 10.4. The number of sulfonamides is 1. The number of nitrogens with zero attached hydrogens (tertiary/aromatic N) is 2. The van der Waals surface area contributed by atoms with Gasteiger partial charge in [0.05, 0.1) is 4.90 Å². The number of anilines is 1. The quantitative estimate of drug-likeness (QED) is 0.864. The second-order valence-electron chi connectivity index (χ2n) is 3.12. The van der Waals surface area contributed by atoms with Crippen molar-refractivity contribution in [2.24, 2.45) is 0 Å². The van der Waals surface area contributed by atoms with Crippen LogP contribution in [0.2, 0.25) is 5.15 Å². The molecule has 1 aromatic carbocycles. The Morgan fingerprint density at radius 3 is 2.47 bits per heavy atom. The topological polar surface area (TPSA) is 72.0 Å². The molecule has 1 aromatic heterocycles. The first-order valence-corrected chi connectivity index (χ1v) is 6.50. The van der Waals surface area contributed by atoms with Crippen LogP contribution in [0.15, 0.2) is 47.5 Å². The van der Waals surface area contributed by atoms with E-state index in [1.165, 1.54) is 24.4 Å². The highest BCUT2D eigenvalue weighted by Crippen LogP contribution is 2.13. The van der Waals surface area contributed by atoms with E-state index < -0.39 is 10.0 Å². The molecule has 0 unspecified atom stereocenters. The first-order valence-electron chi connectivity index (χ1n) is 4.64. The van der Waals surface area contributed by atoms with E-state index >= 15 is 0 Å². The maximum atomic E-state index is 11.9. The van der Waals surface area contributed by atoms with Crippen LogP contribution in [0, 0.1) is 0 Å². The van der Waals surface area contributed by atoms with Crippen molar-refractivity contribution in [3.05, 3.63) is 47.7 Å². The Morgan fingerprint density at radius 1 is 1.12 bits per heavy atom. The molecule has 1 N–H and O–H groups in total. The number of aromatic nitrogens is 2. The molecule has 17 heavy (non-hydrogen) atoms. The second-order valence-corrected chi connectivity index (χ2v) is 5.19. The summed E-state index contributed by atoms with van der Waals surface area (Å²) >= 11 is 5.63. The summed E-state index contributed by atoms with van der Waals surface area (Å²) in [6, 6.07) is 9.41. The van der Waals surface area contributed by atoms with E-state index in [4.69, 9.17) is 11.6 Å². The van der Waals surface area contributed by atoms with Crippen LogP contribution in [-0.4, -0.2) is 18.4 Å². The predicted molar refractivity (Wildman–Crippen MR) is 64.3 cm³/mol. The number of rotatable bonds is 3. The molecular formula is C10H8ClN3O2S. The molecule has 88 valence electrons. The zero-order valence-electron chi connectivity index (χ0n) is 8.54. The molecule has 0 fully saturated rings. The third kappa shape index (κ3) is 2.92. The minimum absolute atomic E-state index is 0.0543. The summed E-state index contributed by atoms with van der Waals surface area (Å²) in [7, 11) is -3.66. The van der Waals surface area contributed by atoms with Crippen LogP contribution in [0.5, 0.6) is 0 Å². The van der Waals surface area contributed by atoms with Gasteiger partial charge in [-0.3, -0.25) is 0 Å². The lowest BCUT2D eigenvalue weighted by Gasteiger charge is -2.05. The maximum Gasteiger partial charge on any atom is 0.264 e. The molecule has 2 aromatic rings. The highest BCUT2D eigenvalue weighted by Gasteiger charge is 2.14. The number of hydrogen-bond donors (Lipinski definition) is 1. The Hall–Kier alpha value is -1.66. The molecule has 0 saturated heterocycles. The molecule has 0 saturated carbocycles. The average molecular weight is 270 g/mol. The van der Waals surface area contributed by atoms with Crippen molar-refractivity contribution in [3.63, 3.8) is 0 Å². The van der Waals surface area contributed by atoms with Gasteiger partial charge in [-0.2, -0.15) is 0 Å². The minimum atomic E-state index is -3.66. The van der Waals surface area contributed by atoms with Crippen molar-refractivity contribution in [3.8, 4) is 0 Å². The van der Waals surface area contributed by atoms with Gasteiger partial charge in [-0.25, -0.2) is 23.1 Å². The molecule has 0 bridgehead atoms. The molecule has 0 aliphatic rings. The van der Waals surface area contributed by atoms with Gasteiger partial charge in [0.15, 0.2) is 0 Å². The van der Waals surface area contributed by atoms with E-state index in [1.807, 2.05) is 0 Å².